The molecule has 0 spiro atoms. The van der Waals surface area contributed by atoms with Gasteiger partial charge in [-0.15, -0.1) is 0 Å². The third-order valence-electron chi connectivity index (χ3n) is 2.94. The van der Waals surface area contributed by atoms with E-state index >= 15 is 0 Å². The highest BCUT2D eigenvalue weighted by Gasteiger charge is 2.21. The predicted octanol–water partition coefficient (Wildman–Crippen LogP) is 3.18. The van der Waals surface area contributed by atoms with Gasteiger partial charge in [-0.3, -0.25) is 5.84 Å². The van der Waals surface area contributed by atoms with E-state index in [4.69, 9.17) is 22.2 Å². The fourth-order valence-electron chi connectivity index (χ4n) is 2.01. The maximum Gasteiger partial charge on any atom is 0.128 e. The SMILES string of the molecule is COc1ccc(Cl)cc1C(NN)c1cc(F)ccc1F. The molecule has 0 saturated heterocycles. The minimum atomic E-state index is -0.778. The van der Waals surface area contributed by atoms with Crippen LogP contribution in [0.5, 0.6) is 5.75 Å². The van der Waals surface area contributed by atoms with Crippen LogP contribution in [0.2, 0.25) is 5.02 Å². The summed E-state index contributed by atoms with van der Waals surface area (Å²) < 4.78 is 32.4. The highest BCUT2D eigenvalue weighted by molar-refractivity contribution is 6.30. The highest BCUT2D eigenvalue weighted by Crippen LogP contribution is 2.33. The van der Waals surface area contributed by atoms with E-state index in [1.165, 1.54) is 7.11 Å². The predicted molar refractivity (Wildman–Crippen MR) is 73.5 cm³/mol. The molecule has 0 aromatic heterocycles. The monoisotopic (exact) mass is 298 g/mol. The normalized spacial score (nSPS) is 12.2. The first-order chi connectivity index (χ1) is 9.56. The molecule has 2 aromatic rings. The van der Waals surface area contributed by atoms with E-state index in [9.17, 15) is 8.78 Å². The Morgan fingerprint density at radius 2 is 1.90 bits per heavy atom. The third-order valence-corrected chi connectivity index (χ3v) is 3.17. The number of nitrogens with two attached hydrogens (primary N) is 1. The number of ether oxygens (including phenoxy) is 1. The summed E-state index contributed by atoms with van der Waals surface area (Å²) in [6, 6.07) is 7.26. The Morgan fingerprint density at radius 1 is 1.15 bits per heavy atom. The molecule has 1 atom stereocenters. The van der Waals surface area contributed by atoms with Gasteiger partial charge >= 0.3 is 0 Å². The zero-order chi connectivity index (χ0) is 14.7. The van der Waals surface area contributed by atoms with Gasteiger partial charge in [0.15, 0.2) is 0 Å². The molecule has 0 bridgehead atoms. The van der Waals surface area contributed by atoms with Gasteiger partial charge in [-0.2, -0.15) is 0 Å². The summed E-state index contributed by atoms with van der Waals surface area (Å²) >= 11 is 5.94. The van der Waals surface area contributed by atoms with Crippen LogP contribution >= 0.6 is 11.6 Å². The lowest BCUT2D eigenvalue weighted by Crippen LogP contribution is -2.30. The smallest absolute Gasteiger partial charge is 0.128 e. The molecule has 0 aliphatic carbocycles. The number of hydrogen-bond donors (Lipinski definition) is 2. The minimum absolute atomic E-state index is 0.0769. The summed E-state index contributed by atoms with van der Waals surface area (Å²) in [5.41, 5.74) is 3.06. The van der Waals surface area contributed by atoms with Crippen molar-refractivity contribution in [3.8, 4) is 5.75 Å². The molecule has 0 heterocycles. The minimum Gasteiger partial charge on any atom is -0.496 e. The number of rotatable bonds is 4. The molecule has 2 rings (SSSR count). The van der Waals surface area contributed by atoms with Crippen LogP contribution in [0.15, 0.2) is 36.4 Å². The van der Waals surface area contributed by atoms with Crippen LogP contribution in [0.25, 0.3) is 0 Å². The summed E-state index contributed by atoms with van der Waals surface area (Å²) in [6.45, 7) is 0. The Labute approximate surface area is 120 Å². The molecule has 0 aliphatic rings. The largest absolute Gasteiger partial charge is 0.496 e. The second kappa shape index (κ2) is 6.17. The first-order valence-electron chi connectivity index (χ1n) is 5.81. The van der Waals surface area contributed by atoms with Crippen molar-refractivity contribution in [2.45, 2.75) is 6.04 Å². The summed E-state index contributed by atoms with van der Waals surface area (Å²) in [5, 5.41) is 0.442. The van der Waals surface area contributed by atoms with E-state index in [1.807, 2.05) is 0 Å². The molecule has 3 N–H and O–H groups in total. The van der Waals surface area contributed by atoms with Crippen LogP contribution in [0.3, 0.4) is 0 Å². The van der Waals surface area contributed by atoms with E-state index in [1.54, 1.807) is 18.2 Å². The van der Waals surface area contributed by atoms with E-state index in [0.29, 0.717) is 16.3 Å². The summed E-state index contributed by atoms with van der Waals surface area (Å²) in [6.07, 6.45) is 0. The molecule has 0 radical (unpaired) electrons. The maximum absolute atomic E-state index is 13.9. The van der Waals surface area contributed by atoms with Crippen molar-refractivity contribution in [2.24, 2.45) is 5.84 Å². The number of halogens is 3. The Hall–Kier alpha value is -1.69. The molecule has 106 valence electrons. The molecule has 1 unspecified atom stereocenters. The van der Waals surface area contributed by atoms with Crippen molar-refractivity contribution >= 4 is 11.6 Å². The average molecular weight is 299 g/mol. The first kappa shape index (κ1) is 14.7. The number of methoxy groups -OCH3 is 1. The quantitative estimate of drug-likeness (QED) is 0.673. The van der Waals surface area contributed by atoms with Gasteiger partial charge in [-0.05, 0) is 36.4 Å². The summed E-state index contributed by atoms with van der Waals surface area (Å²) in [4.78, 5) is 0. The zero-order valence-corrected chi connectivity index (χ0v) is 11.4. The van der Waals surface area contributed by atoms with E-state index in [2.05, 4.69) is 5.43 Å². The Balaban J connectivity index is 2.57. The van der Waals surface area contributed by atoms with Crippen molar-refractivity contribution in [1.29, 1.82) is 0 Å². The zero-order valence-electron chi connectivity index (χ0n) is 10.7. The Morgan fingerprint density at radius 3 is 2.55 bits per heavy atom. The Kier molecular flexibility index (Phi) is 4.54. The van der Waals surface area contributed by atoms with Crippen LogP contribution in [-0.2, 0) is 0 Å². The Bertz CT molecular complexity index is 622. The van der Waals surface area contributed by atoms with Gasteiger partial charge in [0.05, 0.1) is 13.2 Å². The molecule has 6 heteroatoms. The average Bonchev–Trinajstić information content (AvgIpc) is 2.44. The number of hydrazine groups is 1. The summed E-state index contributed by atoms with van der Waals surface area (Å²) in [7, 11) is 1.47. The van der Waals surface area contributed by atoms with Gasteiger partial charge in [0.25, 0.3) is 0 Å². The van der Waals surface area contributed by atoms with Crippen molar-refractivity contribution in [3.63, 3.8) is 0 Å². The van der Waals surface area contributed by atoms with Crippen molar-refractivity contribution in [1.82, 2.24) is 5.43 Å². The molecular formula is C14H13ClF2N2O. The van der Waals surface area contributed by atoms with Gasteiger partial charge in [0, 0.05) is 16.1 Å². The molecular weight excluding hydrogens is 286 g/mol. The van der Waals surface area contributed by atoms with E-state index < -0.39 is 17.7 Å². The molecule has 0 amide bonds. The van der Waals surface area contributed by atoms with Crippen LogP contribution in [0.1, 0.15) is 17.2 Å². The van der Waals surface area contributed by atoms with Crippen LogP contribution < -0.4 is 16.0 Å². The fourth-order valence-corrected chi connectivity index (χ4v) is 2.19. The molecule has 0 fully saturated rings. The topological polar surface area (TPSA) is 47.3 Å². The molecule has 20 heavy (non-hydrogen) atoms. The first-order valence-corrected chi connectivity index (χ1v) is 6.19. The van der Waals surface area contributed by atoms with Crippen LogP contribution in [0, 0.1) is 11.6 Å². The summed E-state index contributed by atoms with van der Waals surface area (Å²) in [5.74, 6) is 4.84. The second-order valence-corrected chi connectivity index (χ2v) is 4.59. The van der Waals surface area contributed by atoms with Crippen molar-refractivity contribution in [2.75, 3.05) is 7.11 Å². The molecule has 0 aliphatic heterocycles. The van der Waals surface area contributed by atoms with Crippen LogP contribution in [0.4, 0.5) is 8.78 Å². The van der Waals surface area contributed by atoms with Gasteiger partial charge in [0.2, 0.25) is 0 Å². The van der Waals surface area contributed by atoms with Gasteiger partial charge in [-0.25, -0.2) is 14.2 Å². The third kappa shape index (κ3) is 2.90. The number of benzene rings is 2. The van der Waals surface area contributed by atoms with Gasteiger partial charge in [0.1, 0.15) is 17.4 Å². The maximum atomic E-state index is 13.9. The standard InChI is InChI=1S/C14H13ClF2N2O/c1-20-13-5-2-8(15)6-11(13)14(19-18)10-7-9(16)3-4-12(10)17/h2-7,14,19H,18H2,1H3. The fraction of sp³-hybridized carbons (Fsp3) is 0.143. The van der Waals surface area contributed by atoms with Crippen molar-refractivity contribution in [3.05, 3.63) is 64.2 Å². The van der Waals surface area contributed by atoms with Gasteiger partial charge in [-0.1, -0.05) is 11.6 Å². The molecule has 3 nitrogen and oxygen atoms in total. The molecule has 0 saturated carbocycles. The van der Waals surface area contributed by atoms with Crippen LogP contribution in [-0.4, -0.2) is 7.11 Å². The highest BCUT2D eigenvalue weighted by atomic mass is 35.5. The van der Waals surface area contributed by atoms with Crippen molar-refractivity contribution < 1.29 is 13.5 Å². The number of hydrogen-bond acceptors (Lipinski definition) is 3. The second-order valence-electron chi connectivity index (χ2n) is 4.15. The van der Waals surface area contributed by atoms with E-state index in [-0.39, 0.29) is 5.56 Å². The van der Waals surface area contributed by atoms with E-state index in [0.717, 1.165) is 18.2 Å². The molecule has 2 aromatic carbocycles. The number of nitrogens with one attached hydrogen (secondary N) is 1. The lowest BCUT2D eigenvalue weighted by atomic mass is 9.97. The lowest BCUT2D eigenvalue weighted by Gasteiger charge is -2.20. The lowest BCUT2D eigenvalue weighted by molar-refractivity contribution is 0.403. The van der Waals surface area contributed by atoms with Gasteiger partial charge < -0.3 is 4.74 Å².